The topological polar surface area (TPSA) is 92.4 Å². The number of carbonyl (C=O) groups excluding carboxylic acids is 1. The van der Waals surface area contributed by atoms with Crippen LogP contribution in [0.4, 0.5) is 5.00 Å². The third-order valence-electron chi connectivity index (χ3n) is 3.93. The molecule has 2 aromatic heterocycles. The summed E-state index contributed by atoms with van der Waals surface area (Å²) in [6, 6.07) is 11.6. The van der Waals surface area contributed by atoms with E-state index >= 15 is 0 Å². The van der Waals surface area contributed by atoms with Crippen molar-refractivity contribution >= 4 is 62.5 Å². The van der Waals surface area contributed by atoms with Crippen LogP contribution < -0.4 is 5.32 Å². The van der Waals surface area contributed by atoms with Gasteiger partial charge in [-0.15, -0.1) is 11.3 Å². The highest BCUT2D eigenvalue weighted by Crippen LogP contribution is 2.36. The molecule has 1 amide bonds. The minimum atomic E-state index is -1.16. The SMILES string of the molecule is O=C(Nc1scc(-c2ccc(Cl)cc2)c1C(=O)O)c1nc2cc(Cl)ccc2o1. The van der Waals surface area contributed by atoms with Crippen LogP contribution in [-0.2, 0) is 0 Å². The third kappa shape index (κ3) is 3.47. The molecule has 4 rings (SSSR count). The Hall–Kier alpha value is -2.87. The van der Waals surface area contributed by atoms with E-state index in [2.05, 4.69) is 10.3 Å². The van der Waals surface area contributed by atoms with Crippen LogP contribution in [0.1, 0.15) is 21.0 Å². The van der Waals surface area contributed by atoms with Crippen molar-refractivity contribution in [3.8, 4) is 11.1 Å². The number of thiophene rings is 1. The molecule has 28 heavy (non-hydrogen) atoms. The van der Waals surface area contributed by atoms with Crippen molar-refractivity contribution in [2.24, 2.45) is 0 Å². The van der Waals surface area contributed by atoms with Crippen molar-refractivity contribution in [1.29, 1.82) is 0 Å². The molecule has 0 saturated heterocycles. The van der Waals surface area contributed by atoms with Gasteiger partial charge in [-0.3, -0.25) is 4.79 Å². The maximum Gasteiger partial charge on any atom is 0.339 e. The summed E-state index contributed by atoms with van der Waals surface area (Å²) in [5, 5.41) is 15.1. The average molecular weight is 433 g/mol. The number of rotatable bonds is 4. The van der Waals surface area contributed by atoms with Crippen LogP contribution in [0.2, 0.25) is 10.0 Å². The van der Waals surface area contributed by atoms with Gasteiger partial charge in [-0.2, -0.15) is 0 Å². The summed E-state index contributed by atoms with van der Waals surface area (Å²) < 4.78 is 5.42. The van der Waals surface area contributed by atoms with E-state index in [1.807, 2.05) is 0 Å². The molecule has 2 N–H and O–H groups in total. The lowest BCUT2D eigenvalue weighted by molar-refractivity contribution is 0.0699. The number of hydrogen-bond acceptors (Lipinski definition) is 5. The van der Waals surface area contributed by atoms with Crippen molar-refractivity contribution in [2.75, 3.05) is 5.32 Å². The zero-order valence-corrected chi connectivity index (χ0v) is 16.2. The number of carbonyl (C=O) groups is 2. The van der Waals surface area contributed by atoms with Gasteiger partial charge in [0, 0.05) is 21.0 Å². The van der Waals surface area contributed by atoms with Gasteiger partial charge >= 0.3 is 11.9 Å². The largest absolute Gasteiger partial charge is 0.478 e. The highest BCUT2D eigenvalue weighted by Gasteiger charge is 2.23. The first-order valence-electron chi connectivity index (χ1n) is 7.90. The van der Waals surface area contributed by atoms with E-state index in [4.69, 9.17) is 27.6 Å². The fourth-order valence-electron chi connectivity index (χ4n) is 2.66. The molecule has 0 aliphatic carbocycles. The number of hydrogen-bond donors (Lipinski definition) is 2. The summed E-state index contributed by atoms with van der Waals surface area (Å²) in [5.41, 5.74) is 1.98. The lowest BCUT2D eigenvalue weighted by atomic mass is 10.0. The second kappa shape index (κ2) is 7.27. The maximum absolute atomic E-state index is 12.5. The molecule has 0 saturated carbocycles. The first-order chi connectivity index (χ1) is 13.4. The van der Waals surface area contributed by atoms with Gasteiger partial charge in [0.2, 0.25) is 0 Å². The van der Waals surface area contributed by atoms with Gasteiger partial charge in [0.05, 0.1) is 0 Å². The number of halogens is 2. The molecule has 2 heterocycles. The van der Waals surface area contributed by atoms with E-state index in [-0.39, 0.29) is 16.5 Å². The van der Waals surface area contributed by atoms with Crippen molar-refractivity contribution in [3.63, 3.8) is 0 Å². The summed E-state index contributed by atoms with van der Waals surface area (Å²) in [7, 11) is 0. The van der Waals surface area contributed by atoms with E-state index in [1.165, 1.54) is 0 Å². The van der Waals surface area contributed by atoms with Gasteiger partial charge in [-0.25, -0.2) is 9.78 Å². The van der Waals surface area contributed by atoms with Crippen LogP contribution in [0.5, 0.6) is 0 Å². The number of carboxylic acid groups (broad SMARTS) is 1. The zero-order chi connectivity index (χ0) is 19.8. The normalized spacial score (nSPS) is 10.9. The Morgan fingerprint density at radius 2 is 1.79 bits per heavy atom. The van der Waals surface area contributed by atoms with E-state index < -0.39 is 11.9 Å². The predicted molar refractivity (Wildman–Crippen MR) is 109 cm³/mol. The highest BCUT2D eigenvalue weighted by molar-refractivity contribution is 7.15. The van der Waals surface area contributed by atoms with Crippen molar-refractivity contribution < 1.29 is 19.1 Å². The molecular formula is C19H10Cl2N2O4S. The Morgan fingerprint density at radius 1 is 1.07 bits per heavy atom. The summed E-state index contributed by atoms with van der Waals surface area (Å²) in [6.07, 6.45) is 0. The van der Waals surface area contributed by atoms with E-state index in [0.29, 0.717) is 32.3 Å². The average Bonchev–Trinajstić information content (AvgIpc) is 3.26. The number of aromatic nitrogens is 1. The number of amides is 1. The maximum atomic E-state index is 12.5. The Labute approximate surface area is 172 Å². The van der Waals surface area contributed by atoms with Crippen molar-refractivity contribution in [1.82, 2.24) is 4.98 Å². The minimum absolute atomic E-state index is 0.0140. The Morgan fingerprint density at radius 3 is 2.50 bits per heavy atom. The molecule has 0 atom stereocenters. The fourth-order valence-corrected chi connectivity index (χ4v) is 3.91. The Balaban J connectivity index is 1.67. The monoisotopic (exact) mass is 432 g/mol. The molecule has 0 bridgehead atoms. The highest BCUT2D eigenvalue weighted by atomic mass is 35.5. The number of anilines is 1. The lowest BCUT2D eigenvalue weighted by Crippen LogP contribution is -2.13. The molecule has 9 heteroatoms. The molecule has 0 radical (unpaired) electrons. The number of benzene rings is 2. The molecule has 0 fully saturated rings. The van der Waals surface area contributed by atoms with Gasteiger partial charge in [0.25, 0.3) is 5.89 Å². The van der Waals surface area contributed by atoms with Crippen LogP contribution in [0, 0.1) is 0 Å². The Kier molecular flexibility index (Phi) is 4.80. The van der Waals surface area contributed by atoms with Gasteiger partial charge in [-0.05, 0) is 35.9 Å². The molecule has 140 valence electrons. The summed E-state index contributed by atoms with van der Waals surface area (Å²) in [5.74, 6) is -2.00. The lowest BCUT2D eigenvalue weighted by Gasteiger charge is -2.04. The van der Waals surface area contributed by atoms with Crippen LogP contribution >= 0.6 is 34.5 Å². The fraction of sp³-hybridized carbons (Fsp3) is 0. The summed E-state index contributed by atoms with van der Waals surface area (Å²) in [4.78, 5) is 28.4. The molecule has 2 aromatic carbocycles. The molecule has 6 nitrogen and oxygen atoms in total. The smallest absolute Gasteiger partial charge is 0.339 e. The van der Waals surface area contributed by atoms with Gasteiger partial charge in [0.1, 0.15) is 16.1 Å². The minimum Gasteiger partial charge on any atom is -0.478 e. The standard InChI is InChI=1S/C19H10Cl2N2O4S/c20-10-3-1-9(2-4-10)12-8-28-18(15(12)19(25)26)23-16(24)17-22-13-7-11(21)5-6-14(13)27-17/h1-8H,(H,23,24)(H,25,26). The number of carboxylic acids is 1. The van der Waals surface area contributed by atoms with Gasteiger partial charge in [-0.1, -0.05) is 35.3 Å². The van der Waals surface area contributed by atoms with Crippen molar-refractivity contribution in [3.05, 3.63) is 69.3 Å². The Bertz CT molecular complexity index is 1210. The van der Waals surface area contributed by atoms with Crippen molar-refractivity contribution in [2.45, 2.75) is 0 Å². The van der Waals surface area contributed by atoms with Crippen LogP contribution in [0.15, 0.2) is 52.3 Å². The number of nitrogens with zero attached hydrogens (tertiary/aromatic N) is 1. The number of aromatic carboxylic acids is 1. The van der Waals surface area contributed by atoms with Crippen LogP contribution in [-0.4, -0.2) is 22.0 Å². The molecule has 4 aromatic rings. The third-order valence-corrected chi connectivity index (χ3v) is 5.31. The number of fused-ring (bicyclic) bond motifs is 1. The summed E-state index contributed by atoms with van der Waals surface area (Å²) in [6.45, 7) is 0. The molecule has 0 spiro atoms. The van der Waals surface area contributed by atoms with Gasteiger partial charge in [0.15, 0.2) is 5.58 Å². The predicted octanol–water partition coefficient (Wildman–Crippen LogP) is 5.81. The first-order valence-corrected chi connectivity index (χ1v) is 9.54. The van der Waals surface area contributed by atoms with E-state index in [0.717, 1.165) is 11.3 Å². The second-order valence-corrected chi connectivity index (χ2v) is 7.50. The van der Waals surface area contributed by atoms with Gasteiger partial charge < -0.3 is 14.8 Å². The summed E-state index contributed by atoms with van der Waals surface area (Å²) >= 11 is 12.9. The zero-order valence-electron chi connectivity index (χ0n) is 13.9. The van der Waals surface area contributed by atoms with E-state index in [9.17, 15) is 14.7 Å². The van der Waals surface area contributed by atoms with E-state index in [1.54, 1.807) is 47.8 Å². The molecule has 0 aliphatic heterocycles. The first kappa shape index (κ1) is 18.5. The second-order valence-electron chi connectivity index (χ2n) is 5.75. The molecular weight excluding hydrogens is 423 g/mol. The van der Waals surface area contributed by atoms with Crippen LogP contribution in [0.25, 0.3) is 22.2 Å². The quantitative estimate of drug-likeness (QED) is 0.424. The molecule has 0 aliphatic rings. The molecule has 0 unspecified atom stereocenters. The number of oxazole rings is 1. The van der Waals surface area contributed by atoms with Crippen LogP contribution in [0.3, 0.4) is 0 Å². The number of nitrogens with one attached hydrogen (secondary N) is 1.